The number of anilines is 1. The minimum Gasteiger partial charge on any atom is -0.489 e. The fourth-order valence-corrected chi connectivity index (χ4v) is 4.59. The fraction of sp³-hybridized carbons (Fsp3) is 0.241. The van der Waals surface area contributed by atoms with E-state index in [9.17, 15) is 4.79 Å². The topological polar surface area (TPSA) is 70.3 Å². The third-order valence-electron chi connectivity index (χ3n) is 6.52. The van der Waals surface area contributed by atoms with Crippen molar-refractivity contribution in [2.75, 3.05) is 31.5 Å². The van der Waals surface area contributed by atoms with E-state index in [-0.39, 0.29) is 5.56 Å². The predicted molar refractivity (Wildman–Crippen MR) is 142 cm³/mol. The van der Waals surface area contributed by atoms with Gasteiger partial charge in [0.1, 0.15) is 12.4 Å². The number of ether oxygens (including phenoxy) is 1. The van der Waals surface area contributed by atoms with Gasteiger partial charge in [-0.25, -0.2) is 0 Å². The Labute approximate surface area is 205 Å². The number of aromatic nitrogens is 1. The normalized spacial score (nSPS) is 13.7. The molecule has 0 amide bonds. The highest BCUT2D eigenvalue weighted by molar-refractivity contribution is 5.87. The smallest absolute Gasteiger partial charge is 0.258 e. The summed E-state index contributed by atoms with van der Waals surface area (Å²) in [6.07, 6.45) is 5.61. The maximum absolute atomic E-state index is 12.8. The van der Waals surface area contributed by atoms with Crippen LogP contribution in [-0.2, 0) is 6.61 Å². The van der Waals surface area contributed by atoms with Crippen LogP contribution < -0.4 is 15.6 Å². The van der Waals surface area contributed by atoms with E-state index in [0.29, 0.717) is 12.4 Å². The third kappa shape index (κ3) is 5.44. The molecular formula is C29H30N4O2. The number of likely N-dealkylation sites (tertiary alicyclic amines) is 1. The van der Waals surface area contributed by atoms with E-state index >= 15 is 0 Å². The molecule has 0 saturated carbocycles. The summed E-state index contributed by atoms with van der Waals surface area (Å²) in [5.74, 6) is 0.534. The molecule has 1 aliphatic rings. The van der Waals surface area contributed by atoms with Crippen molar-refractivity contribution in [2.45, 2.75) is 19.4 Å². The van der Waals surface area contributed by atoms with Crippen LogP contribution in [0.2, 0.25) is 0 Å². The summed E-state index contributed by atoms with van der Waals surface area (Å²) in [5.41, 5.74) is 3.27. The molecule has 0 spiro atoms. The first-order valence-electron chi connectivity index (χ1n) is 12.1. The summed E-state index contributed by atoms with van der Waals surface area (Å²) in [4.78, 5) is 15.3. The lowest BCUT2D eigenvalue weighted by Crippen LogP contribution is -2.26. The van der Waals surface area contributed by atoms with Gasteiger partial charge in [-0.1, -0.05) is 36.4 Å². The molecule has 6 heteroatoms. The molecule has 1 fully saturated rings. The number of benzene rings is 3. The van der Waals surface area contributed by atoms with Gasteiger partial charge in [0, 0.05) is 48.5 Å². The highest BCUT2D eigenvalue weighted by Gasteiger charge is 2.11. The van der Waals surface area contributed by atoms with E-state index < -0.39 is 0 Å². The highest BCUT2D eigenvalue weighted by Crippen LogP contribution is 2.20. The predicted octanol–water partition coefficient (Wildman–Crippen LogP) is 5.08. The molecule has 1 aliphatic heterocycles. The number of hydrogen-bond donors (Lipinski definition) is 2. The molecule has 2 heterocycles. The number of pyridine rings is 1. The molecular weight excluding hydrogens is 436 g/mol. The standard InChI is InChI=1S/C29H30N4O2/c30-20-25-18-26(9-10-28(25)31-12-16-32-13-3-4-14-32)33-15-11-27(19-29(33)34)35-21-22-7-8-23-5-1-2-6-24(23)17-22/h1-2,5-11,15,17-20,30-31H,3-4,12-14,16,21H2. The molecule has 35 heavy (non-hydrogen) atoms. The average Bonchev–Trinajstić information content (AvgIpc) is 3.41. The summed E-state index contributed by atoms with van der Waals surface area (Å²) in [6, 6.07) is 23.5. The minimum atomic E-state index is -0.174. The van der Waals surface area contributed by atoms with Crippen LogP contribution >= 0.6 is 0 Å². The van der Waals surface area contributed by atoms with Gasteiger partial charge in [0.25, 0.3) is 5.56 Å². The van der Waals surface area contributed by atoms with E-state index in [4.69, 9.17) is 10.1 Å². The van der Waals surface area contributed by atoms with Crippen molar-refractivity contribution in [1.82, 2.24) is 9.47 Å². The first-order chi connectivity index (χ1) is 17.2. The molecule has 0 bridgehead atoms. The zero-order valence-corrected chi connectivity index (χ0v) is 19.7. The zero-order valence-electron chi connectivity index (χ0n) is 19.7. The first-order valence-corrected chi connectivity index (χ1v) is 12.1. The molecule has 0 atom stereocenters. The van der Waals surface area contributed by atoms with Gasteiger partial charge in [-0.2, -0.15) is 0 Å². The van der Waals surface area contributed by atoms with Crippen molar-refractivity contribution < 1.29 is 4.74 Å². The number of nitrogens with zero attached hydrogens (tertiary/aromatic N) is 2. The van der Waals surface area contributed by atoms with Gasteiger partial charge < -0.3 is 20.4 Å². The second-order valence-corrected chi connectivity index (χ2v) is 8.93. The van der Waals surface area contributed by atoms with Gasteiger partial charge in [0.05, 0.1) is 0 Å². The summed E-state index contributed by atoms with van der Waals surface area (Å²) in [7, 11) is 0. The minimum absolute atomic E-state index is 0.174. The Morgan fingerprint density at radius 3 is 2.57 bits per heavy atom. The van der Waals surface area contributed by atoms with Crippen LogP contribution in [0.3, 0.4) is 0 Å². The van der Waals surface area contributed by atoms with E-state index in [0.717, 1.165) is 35.6 Å². The van der Waals surface area contributed by atoms with Crippen molar-refractivity contribution in [1.29, 1.82) is 5.41 Å². The van der Waals surface area contributed by atoms with E-state index in [1.165, 1.54) is 49.0 Å². The maximum atomic E-state index is 12.8. The Morgan fingerprint density at radius 1 is 0.943 bits per heavy atom. The molecule has 178 valence electrons. The van der Waals surface area contributed by atoms with Crippen LogP contribution in [0.25, 0.3) is 16.5 Å². The highest BCUT2D eigenvalue weighted by atomic mass is 16.5. The number of rotatable bonds is 9. The number of nitrogens with one attached hydrogen (secondary N) is 2. The van der Waals surface area contributed by atoms with Crippen molar-refractivity contribution >= 4 is 22.7 Å². The Hall–Kier alpha value is -3.90. The lowest BCUT2D eigenvalue weighted by atomic mass is 10.1. The molecule has 1 saturated heterocycles. The molecule has 2 N–H and O–H groups in total. The SMILES string of the molecule is N=Cc1cc(-n2ccc(OCc3ccc4ccccc4c3)cc2=O)ccc1NCCN1CCCC1. The van der Waals surface area contributed by atoms with Gasteiger partial charge in [-0.05, 0) is 72.6 Å². The monoisotopic (exact) mass is 466 g/mol. The summed E-state index contributed by atoms with van der Waals surface area (Å²) in [5, 5.41) is 13.6. The van der Waals surface area contributed by atoms with Crippen LogP contribution in [0, 0.1) is 5.41 Å². The summed E-state index contributed by atoms with van der Waals surface area (Å²) in [6.45, 7) is 4.57. The van der Waals surface area contributed by atoms with Gasteiger partial charge in [0.2, 0.25) is 0 Å². The molecule has 5 rings (SSSR count). The Morgan fingerprint density at radius 2 is 1.77 bits per heavy atom. The van der Waals surface area contributed by atoms with Crippen LogP contribution in [0.1, 0.15) is 24.0 Å². The van der Waals surface area contributed by atoms with Crippen LogP contribution in [0.15, 0.2) is 83.8 Å². The number of hydrogen-bond acceptors (Lipinski definition) is 5. The second-order valence-electron chi connectivity index (χ2n) is 8.93. The lowest BCUT2D eigenvalue weighted by Gasteiger charge is -2.17. The van der Waals surface area contributed by atoms with E-state index in [2.05, 4.69) is 34.5 Å². The zero-order chi connectivity index (χ0) is 24.0. The number of fused-ring (bicyclic) bond motifs is 1. The van der Waals surface area contributed by atoms with Crippen molar-refractivity contribution in [3.63, 3.8) is 0 Å². The molecule has 4 aromatic rings. The molecule has 0 radical (unpaired) electrons. The molecule has 6 nitrogen and oxygen atoms in total. The van der Waals surface area contributed by atoms with Gasteiger partial charge >= 0.3 is 0 Å². The Kier molecular flexibility index (Phi) is 6.91. The third-order valence-corrected chi connectivity index (χ3v) is 6.52. The van der Waals surface area contributed by atoms with Crippen LogP contribution in [0.5, 0.6) is 5.75 Å². The van der Waals surface area contributed by atoms with Crippen molar-refractivity contribution in [2.24, 2.45) is 0 Å². The second kappa shape index (κ2) is 10.6. The van der Waals surface area contributed by atoms with E-state index in [1.807, 2.05) is 36.4 Å². The van der Waals surface area contributed by atoms with Crippen LogP contribution in [0.4, 0.5) is 5.69 Å². The molecule has 3 aromatic carbocycles. The molecule has 0 aliphatic carbocycles. The lowest BCUT2D eigenvalue weighted by molar-refractivity contribution is 0.305. The van der Waals surface area contributed by atoms with Gasteiger partial charge in [-0.15, -0.1) is 0 Å². The Bertz CT molecular complexity index is 1390. The quantitative estimate of drug-likeness (QED) is 0.338. The Balaban J connectivity index is 1.25. The average molecular weight is 467 g/mol. The van der Waals surface area contributed by atoms with Crippen LogP contribution in [-0.4, -0.2) is 41.9 Å². The van der Waals surface area contributed by atoms with Gasteiger partial charge in [-0.3, -0.25) is 9.36 Å². The summed E-state index contributed by atoms with van der Waals surface area (Å²) >= 11 is 0. The van der Waals surface area contributed by atoms with E-state index in [1.54, 1.807) is 16.8 Å². The van der Waals surface area contributed by atoms with Crippen molar-refractivity contribution in [3.05, 3.63) is 100 Å². The molecule has 0 unspecified atom stereocenters. The fourth-order valence-electron chi connectivity index (χ4n) is 4.59. The molecule has 1 aromatic heterocycles. The largest absolute Gasteiger partial charge is 0.489 e. The summed E-state index contributed by atoms with van der Waals surface area (Å²) < 4.78 is 7.47. The first kappa shape index (κ1) is 22.9. The maximum Gasteiger partial charge on any atom is 0.258 e. The van der Waals surface area contributed by atoms with Crippen molar-refractivity contribution in [3.8, 4) is 11.4 Å². The van der Waals surface area contributed by atoms with Gasteiger partial charge in [0.15, 0.2) is 0 Å².